The number of anilines is 2. The summed E-state index contributed by atoms with van der Waals surface area (Å²) in [7, 11) is 3.99. The lowest BCUT2D eigenvalue weighted by molar-refractivity contribution is 0.0496. The third kappa shape index (κ3) is 15.9. The number of aliphatic hydroxyl groups is 1. The Kier molecular flexibility index (Phi) is 19.0. The number of rotatable bonds is 21. The molecule has 2 aliphatic carbocycles. The van der Waals surface area contributed by atoms with Crippen LogP contribution in [-0.2, 0) is 4.74 Å². The van der Waals surface area contributed by atoms with Crippen molar-refractivity contribution in [3.63, 3.8) is 0 Å². The first-order valence-corrected chi connectivity index (χ1v) is 23.3. The van der Waals surface area contributed by atoms with Gasteiger partial charge in [0, 0.05) is 38.1 Å². The van der Waals surface area contributed by atoms with Crippen LogP contribution in [-0.4, -0.2) is 64.7 Å². The van der Waals surface area contributed by atoms with Gasteiger partial charge < -0.3 is 29.1 Å². The highest BCUT2D eigenvalue weighted by molar-refractivity contribution is 5.90. The highest BCUT2D eigenvalue weighted by Gasteiger charge is 2.27. The molecule has 0 amide bonds. The van der Waals surface area contributed by atoms with E-state index < -0.39 is 5.97 Å². The number of nitriles is 4. The summed E-state index contributed by atoms with van der Waals surface area (Å²) < 4.78 is 18.1. The van der Waals surface area contributed by atoms with Crippen molar-refractivity contribution < 1.29 is 24.1 Å². The van der Waals surface area contributed by atoms with Crippen LogP contribution in [0, 0.1) is 56.2 Å². The first-order valence-electron chi connectivity index (χ1n) is 23.3. The second-order valence-corrected chi connectivity index (χ2v) is 19.1. The van der Waals surface area contributed by atoms with E-state index >= 15 is 0 Å². The molecule has 11 heteroatoms. The topological polar surface area (TPSA) is 167 Å². The van der Waals surface area contributed by atoms with Crippen molar-refractivity contribution in [2.75, 3.05) is 63.4 Å². The molecule has 0 atom stereocenters. The van der Waals surface area contributed by atoms with Gasteiger partial charge in [0.05, 0.1) is 25.3 Å². The molecule has 0 heterocycles. The summed E-state index contributed by atoms with van der Waals surface area (Å²) in [6.45, 7) is 10.9. The van der Waals surface area contributed by atoms with E-state index in [1.165, 1.54) is 0 Å². The summed E-state index contributed by atoms with van der Waals surface area (Å²) in [4.78, 5) is 17.4. The summed E-state index contributed by atoms with van der Waals surface area (Å²) in [6.07, 6.45) is 18.5. The Labute approximate surface area is 403 Å². The van der Waals surface area contributed by atoms with Crippen LogP contribution in [0.4, 0.5) is 11.4 Å². The first-order chi connectivity index (χ1) is 32.6. The van der Waals surface area contributed by atoms with E-state index in [1.54, 1.807) is 18.2 Å². The van der Waals surface area contributed by atoms with Crippen molar-refractivity contribution in [3.8, 4) is 35.8 Å². The molecule has 0 spiro atoms. The number of ether oxygens (including phenoxy) is 3. The van der Waals surface area contributed by atoms with Gasteiger partial charge in [-0.25, -0.2) is 4.79 Å². The van der Waals surface area contributed by atoms with Crippen LogP contribution >= 0.6 is 0 Å². The van der Waals surface area contributed by atoms with E-state index in [1.807, 2.05) is 50.5 Å². The molecule has 0 aliphatic heterocycles. The molecular weight excluding hydrogens is 849 g/mol. The molecule has 68 heavy (non-hydrogen) atoms. The van der Waals surface area contributed by atoms with Gasteiger partial charge in [-0.1, -0.05) is 94.8 Å². The summed E-state index contributed by atoms with van der Waals surface area (Å²) in [5, 5.41) is 46.8. The second-order valence-electron chi connectivity index (χ2n) is 19.1. The lowest BCUT2D eigenvalue weighted by atomic mass is 9.74. The fraction of sp³-hybridized carbons (Fsp3) is 0.386. The van der Waals surface area contributed by atoms with Crippen LogP contribution in [0.1, 0.15) is 101 Å². The van der Waals surface area contributed by atoms with Crippen LogP contribution in [0.5, 0.6) is 11.5 Å². The van der Waals surface area contributed by atoms with Crippen molar-refractivity contribution in [1.82, 2.24) is 0 Å². The Balaban J connectivity index is 1.18. The van der Waals surface area contributed by atoms with Crippen LogP contribution in [0.25, 0.3) is 12.2 Å². The van der Waals surface area contributed by atoms with Gasteiger partial charge in [0.15, 0.2) is 0 Å². The van der Waals surface area contributed by atoms with Gasteiger partial charge in [0.25, 0.3) is 0 Å². The van der Waals surface area contributed by atoms with Gasteiger partial charge in [0.2, 0.25) is 0 Å². The largest absolute Gasteiger partial charge is 0.492 e. The van der Waals surface area contributed by atoms with Crippen LogP contribution in [0.15, 0.2) is 124 Å². The zero-order valence-electron chi connectivity index (χ0n) is 40.5. The molecule has 11 nitrogen and oxygen atoms in total. The fourth-order valence-corrected chi connectivity index (χ4v) is 8.40. The van der Waals surface area contributed by atoms with Crippen molar-refractivity contribution in [2.24, 2.45) is 10.8 Å². The molecule has 3 aromatic carbocycles. The normalized spacial score (nSPS) is 15.0. The number of aliphatic hydroxyl groups excluding tert-OH is 1. The standard InChI is InChI=1S/C57H64N6O5/c1-56(2)34-44(29-47(36-56)49(38-58)39-59)13-11-42-15-19-51(20-16-42)62(5)23-27-66-53-31-46(55(65)68-26-10-8-7-9-25-64)32-54(33-53)67-28-24-63(6)52-21-17-43(18-22-52)12-14-45-30-48(50(40-60)41-61)37-57(3,4)35-45/h11-22,29-33,64H,7-10,23-28,34-37H2,1-6H3/b13-11+,14-12+. The van der Waals surface area contributed by atoms with Crippen LogP contribution in [0.2, 0.25) is 0 Å². The average molecular weight is 913 g/mol. The summed E-state index contributed by atoms with van der Waals surface area (Å²) in [5.74, 6) is 0.533. The number of hydrogen-bond acceptors (Lipinski definition) is 11. The Morgan fingerprint density at radius 3 is 1.44 bits per heavy atom. The fourth-order valence-electron chi connectivity index (χ4n) is 8.40. The van der Waals surface area contributed by atoms with Gasteiger partial charge >= 0.3 is 5.97 Å². The van der Waals surface area contributed by atoms with E-state index in [2.05, 4.69) is 110 Å². The zero-order valence-corrected chi connectivity index (χ0v) is 40.5. The molecule has 5 rings (SSSR count). The number of hydrogen-bond donors (Lipinski definition) is 1. The van der Waals surface area contributed by atoms with Gasteiger partial charge in [-0.2, -0.15) is 21.0 Å². The molecule has 0 aromatic heterocycles. The monoisotopic (exact) mass is 912 g/mol. The third-order valence-corrected chi connectivity index (χ3v) is 12.0. The Morgan fingerprint density at radius 1 is 0.603 bits per heavy atom. The van der Waals surface area contributed by atoms with Crippen molar-refractivity contribution in [1.29, 1.82) is 21.0 Å². The average Bonchev–Trinajstić information content (AvgIpc) is 3.31. The zero-order chi connectivity index (χ0) is 49.1. The number of carbonyl (C=O) groups excluding carboxylic acids is 1. The summed E-state index contributed by atoms with van der Waals surface area (Å²) >= 11 is 0. The number of nitrogens with zero attached hydrogens (tertiary/aromatic N) is 6. The van der Waals surface area contributed by atoms with Crippen molar-refractivity contribution in [3.05, 3.63) is 141 Å². The summed E-state index contributed by atoms with van der Waals surface area (Å²) in [5.41, 5.74) is 8.42. The molecule has 0 unspecified atom stereocenters. The number of likely N-dealkylation sites (N-methyl/N-ethyl adjacent to an activating group) is 2. The molecule has 0 radical (unpaired) electrons. The van der Waals surface area contributed by atoms with Gasteiger partial charge in [-0.05, 0) is 126 Å². The first kappa shape index (κ1) is 51.7. The molecule has 1 N–H and O–H groups in total. The van der Waals surface area contributed by atoms with E-state index in [-0.39, 0.29) is 35.2 Å². The smallest absolute Gasteiger partial charge is 0.338 e. The van der Waals surface area contributed by atoms with Crippen molar-refractivity contribution in [2.45, 2.75) is 79.1 Å². The van der Waals surface area contributed by atoms with Crippen LogP contribution < -0.4 is 19.3 Å². The predicted octanol–water partition coefficient (Wildman–Crippen LogP) is 11.6. The lowest BCUT2D eigenvalue weighted by Gasteiger charge is -2.30. The molecule has 0 saturated heterocycles. The highest BCUT2D eigenvalue weighted by atomic mass is 16.5. The van der Waals surface area contributed by atoms with Crippen LogP contribution in [0.3, 0.4) is 0 Å². The Bertz CT molecular complexity index is 2410. The predicted molar refractivity (Wildman–Crippen MR) is 269 cm³/mol. The molecule has 352 valence electrons. The number of esters is 1. The third-order valence-electron chi connectivity index (χ3n) is 12.0. The van der Waals surface area contributed by atoms with Crippen molar-refractivity contribution >= 4 is 29.5 Å². The quantitative estimate of drug-likeness (QED) is 0.0614. The molecular formula is C57H64N6O5. The molecule has 3 aromatic rings. The van der Waals surface area contributed by atoms with Gasteiger partial charge in [-0.15, -0.1) is 0 Å². The van der Waals surface area contributed by atoms with E-state index in [9.17, 15) is 25.8 Å². The number of unbranched alkanes of at least 4 members (excludes halogenated alkanes) is 3. The number of benzene rings is 3. The Hall–Kier alpha value is -7.31. The van der Waals surface area contributed by atoms with E-state index in [0.29, 0.717) is 62.6 Å². The number of carbonyl (C=O) groups is 1. The van der Waals surface area contributed by atoms with E-state index in [4.69, 9.17) is 19.3 Å². The maximum atomic E-state index is 13.2. The minimum Gasteiger partial charge on any atom is -0.492 e. The second kappa shape index (κ2) is 25.0. The van der Waals surface area contributed by atoms with Gasteiger partial charge in [0.1, 0.15) is 60.1 Å². The SMILES string of the molecule is CN(CCOc1cc(OCCN(C)c2ccc(/C=C/C3=CC(=C(C#N)C#N)CC(C)(C)C3)cc2)cc(C(=O)OCCCCCCO)c1)c1ccc(/C=C/C2=CC(=C(C#N)C#N)CC(C)(C)C2)cc1. The lowest BCUT2D eigenvalue weighted by Crippen LogP contribution is -2.24. The highest BCUT2D eigenvalue weighted by Crippen LogP contribution is 2.41. The Morgan fingerprint density at radius 2 is 1.03 bits per heavy atom. The van der Waals surface area contributed by atoms with Gasteiger partial charge in [-0.3, -0.25) is 0 Å². The minimum atomic E-state index is -0.455. The van der Waals surface area contributed by atoms with E-state index in [0.717, 1.165) is 76.9 Å². The summed E-state index contributed by atoms with van der Waals surface area (Å²) in [6, 6.07) is 29.8. The molecule has 0 bridgehead atoms. The minimum absolute atomic E-state index is 0.0489. The molecule has 0 saturated carbocycles. The number of allylic oxidation sites excluding steroid dienone is 10. The molecule has 0 fully saturated rings. The maximum absolute atomic E-state index is 13.2. The molecule has 2 aliphatic rings. The maximum Gasteiger partial charge on any atom is 0.338 e.